The van der Waals surface area contributed by atoms with E-state index >= 15 is 0 Å². The summed E-state index contributed by atoms with van der Waals surface area (Å²) in [6, 6.07) is 9.50. The summed E-state index contributed by atoms with van der Waals surface area (Å²) in [6.07, 6.45) is 1.86. The summed E-state index contributed by atoms with van der Waals surface area (Å²) in [6.45, 7) is 3.38. The summed E-state index contributed by atoms with van der Waals surface area (Å²) in [5.74, 6) is -0.392. The number of carbonyl (C=O) groups is 2. The van der Waals surface area contributed by atoms with Crippen LogP contribution in [0, 0.1) is 10.1 Å². The van der Waals surface area contributed by atoms with Gasteiger partial charge in [-0.15, -0.1) is 0 Å². The van der Waals surface area contributed by atoms with Crippen molar-refractivity contribution in [3.63, 3.8) is 0 Å². The number of nitrogens with one attached hydrogen (secondary N) is 1. The fourth-order valence-corrected chi connectivity index (χ4v) is 4.64. The molecule has 208 valence electrons. The van der Waals surface area contributed by atoms with Gasteiger partial charge in [-0.25, -0.2) is 8.42 Å². The van der Waals surface area contributed by atoms with Crippen molar-refractivity contribution >= 4 is 33.2 Å². The molecule has 2 amide bonds. The molecule has 0 radical (unpaired) electrons. The zero-order valence-electron chi connectivity index (χ0n) is 22.2. The standard InChI is InChI=1S/C25H34N4O8S/c1-6-14-26-25(31)21(7-2)27(16-18-8-11-20(36-3)12-9-18)24(30)17-28(38(5,34)35)22-15-19(29(32)33)10-13-23(22)37-4/h8-13,15,21H,6-7,14,16-17H2,1-5H3,(H,26,31)/t21-/m1/s1. The van der Waals surface area contributed by atoms with Crippen LogP contribution in [-0.2, 0) is 26.2 Å². The van der Waals surface area contributed by atoms with E-state index in [1.165, 1.54) is 31.3 Å². The van der Waals surface area contributed by atoms with Gasteiger partial charge in [-0.2, -0.15) is 0 Å². The first kappa shape index (κ1) is 30.4. The Bertz CT molecular complexity index is 1230. The lowest BCUT2D eigenvalue weighted by Gasteiger charge is -2.33. The third kappa shape index (κ3) is 7.81. The molecular weight excluding hydrogens is 516 g/mol. The van der Waals surface area contributed by atoms with Crippen LogP contribution in [0.2, 0.25) is 0 Å². The number of nitro groups is 1. The Morgan fingerprint density at radius 2 is 1.74 bits per heavy atom. The molecule has 0 heterocycles. The lowest BCUT2D eigenvalue weighted by Crippen LogP contribution is -2.52. The fraction of sp³-hybridized carbons (Fsp3) is 0.440. The molecule has 0 unspecified atom stereocenters. The van der Waals surface area contributed by atoms with Gasteiger partial charge in [-0.3, -0.25) is 24.0 Å². The highest BCUT2D eigenvalue weighted by Crippen LogP contribution is 2.34. The van der Waals surface area contributed by atoms with Gasteiger partial charge in [-0.05, 0) is 36.6 Å². The second-order valence-corrected chi connectivity index (χ2v) is 10.4. The molecule has 0 spiro atoms. The van der Waals surface area contributed by atoms with Crippen LogP contribution in [0.5, 0.6) is 11.5 Å². The highest BCUT2D eigenvalue weighted by atomic mass is 32.2. The maximum absolute atomic E-state index is 13.7. The molecule has 1 atom stereocenters. The second kappa shape index (κ2) is 13.6. The van der Waals surface area contributed by atoms with Crippen LogP contribution in [0.4, 0.5) is 11.4 Å². The number of rotatable bonds is 14. The third-order valence-corrected chi connectivity index (χ3v) is 6.89. The number of hydrogen-bond acceptors (Lipinski definition) is 8. The Morgan fingerprint density at radius 3 is 2.24 bits per heavy atom. The molecule has 0 aliphatic carbocycles. The number of methoxy groups -OCH3 is 2. The summed E-state index contributed by atoms with van der Waals surface area (Å²) in [5, 5.41) is 14.2. The van der Waals surface area contributed by atoms with Crippen molar-refractivity contribution in [3.8, 4) is 11.5 Å². The van der Waals surface area contributed by atoms with Crippen LogP contribution in [0.1, 0.15) is 32.3 Å². The molecule has 0 aliphatic heterocycles. The predicted molar refractivity (Wildman–Crippen MR) is 143 cm³/mol. The molecule has 2 rings (SSSR count). The Labute approximate surface area is 222 Å². The van der Waals surface area contributed by atoms with Gasteiger partial charge in [-0.1, -0.05) is 26.0 Å². The van der Waals surface area contributed by atoms with E-state index in [1.807, 2.05) is 6.92 Å². The third-order valence-electron chi connectivity index (χ3n) is 5.77. The molecule has 2 aromatic rings. The fourth-order valence-electron chi connectivity index (χ4n) is 3.79. The Morgan fingerprint density at radius 1 is 1.08 bits per heavy atom. The van der Waals surface area contributed by atoms with Gasteiger partial charge in [0, 0.05) is 25.2 Å². The number of nitro benzene ring substituents is 1. The van der Waals surface area contributed by atoms with Crippen molar-refractivity contribution in [1.29, 1.82) is 0 Å². The molecule has 1 N–H and O–H groups in total. The normalized spacial score (nSPS) is 11.8. The van der Waals surface area contributed by atoms with E-state index in [1.54, 1.807) is 31.2 Å². The molecule has 0 bridgehead atoms. The van der Waals surface area contributed by atoms with Crippen molar-refractivity contribution in [3.05, 3.63) is 58.1 Å². The minimum Gasteiger partial charge on any atom is -0.497 e. The van der Waals surface area contributed by atoms with Crippen LogP contribution >= 0.6 is 0 Å². The van der Waals surface area contributed by atoms with Gasteiger partial charge in [0.1, 0.15) is 29.8 Å². The summed E-state index contributed by atoms with van der Waals surface area (Å²) in [7, 11) is -1.29. The number of non-ortho nitro benzene ring substituents is 1. The van der Waals surface area contributed by atoms with E-state index < -0.39 is 33.4 Å². The van der Waals surface area contributed by atoms with Gasteiger partial charge >= 0.3 is 0 Å². The first-order valence-corrected chi connectivity index (χ1v) is 13.8. The van der Waals surface area contributed by atoms with Gasteiger partial charge in [0.25, 0.3) is 5.69 Å². The van der Waals surface area contributed by atoms with Crippen LogP contribution in [0.15, 0.2) is 42.5 Å². The highest BCUT2D eigenvalue weighted by Gasteiger charge is 2.33. The minimum atomic E-state index is -4.10. The SMILES string of the molecule is CCCNC(=O)[C@@H](CC)N(Cc1ccc(OC)cc1)C(=O)CN(c1cc([N+](=O)[O-])ccc1OC)S(C)(=O)=O. The molecule has 38 heavy (non-hydrogen) atoms. The van der Waals surface area contributed by atoms with E-state index in [9.17, 15) is 28.1 Å². The number of anilines is 1. The Balaban J connectivity index is 2.54. The van der Waals surface area contributed by atoms with Gasteiger partial charge in [0.2, 0.25) is 21.8 Å². The number of amides is 2. The average Bonchev–Trinajstić information content (AvgIpc) is 2.89. The van der Waals surface area contributed by atoms with Crippen molar-refractivity contribution in [2.75, 3.05) is 37.9 Å². The lowest BCUT2D eigenvalue weighted by molar-refractivity contribution is -0.384. The van der Waals surface area contributed by atoms with E-state index in [0.717, 1.165) is 16.6 Å². The molecule has 2 aromatic carbocycles. The largest absolute Gasteiger partial charge is 0.497 e. The first-order chi connectivity index (χ1) is 18.0. The van der Waals surface area contributed by atoms with Crippen molar-refractivity contribution < 1.29 is 32.4 Å². The highest BCUT2D eigenvalue weighted by molar-refractivity contribution is 7.92. The zero-order chi connectivity index (χ0) is 28.5. The first-order valence-electron chi connectivity index (χ1n) is 12.0. The number of sulfonamides is 1. The van der Waals surface area contributed by atoms with E-state index in [0.29, 0.717) is 24.3 Å². The zero-order valence-corrected chi connectivity index (χ0v) is 23.0. The Hall–Kier alpha value is -3.87. The summed E-state index contributed by atoms with van der Waals surface area (Å²) in [5.41, 5.74) is 0.160. The second-order valence-electron chi connectivity index (χ2n) is 8.47. The van der Waals surface area contributed by atoms with Crippen LogP contribution in [-0.4, -0.2) is 69.7 Å². The lowest BCUT2D eigenvalue weighted by atomic mass is 10.1. The topological polar surface area (TPSA) is 148 Å². The summed E-state index contributed by atoms with van der Waals surface area (Å²) in [4.78, 5) is 38.7. The van der Waals surface area contributed by atoms with Crippen molar-refractivity contribution in [2.45, 2.75) is 39.3 Å². The number of hydrogen-bond donors (Lipinski definition) is 1. The van der Waals surface area contributed by atoms with Crippen LogP contribution in [0.25, 0.3) is 0 Å². The molecule has 12 nitrogen and oxygen atoms in total. The number of carbonyl (C=O) groups excluding carboxylic acids is 2. The summed E-state index contributed by atoms with van der Waals surface area (Å²) >= 11 is 0. The molecule has 0 saturated carbocycles. The molecular formula is C25H34N4O8S. The van der Waals surface area contributed by atoms with Gasteiger partial charge in [0.05, 0.1) is 25.4 Å². The van der Waals surface area contributed by atoms with Crippen LogP contribution in [0.3, 0.4) is 0 Å². The smallest absolute Gasteiger partial charge is 0.271 e. The van der Waals surface area contributed by atoms with Crippen LogP contribution < -0.4 is 19.1 Å². The minimum absolute atomic E-state index is 0.0184. The molecule has 0 aliphatic rings. The predicted octanol–water partition coefficient (Wildman–Crippen LogP) is 2.71. The van der Waals surface area contributed by atoms with E-state index in [2.05, 4.69) is 5.32 Å². The monoisotopic (exact) mass is 550 g/mol. The molecule has 13 heteroatoms. The number of nitrogens with zero attached hydrogens (tertiary/aromatic N) is 3. The molecule has 0 aromatic heterocycles. The van der Waals surface area contributed by atoms with Gasteiger partial charge in [0.15, 0.2) is 0 Å². The molecule has 0 saturated heterocycles. The van der Waals surface area contributed by atoms with Crippen molar-refractivity contribution in [1.82, 2.24) is 10.2 Å². The maximum atomic E-state index is 13.7. The maximum Gasteiger partial charge on any atom is 0.271 e. The number of ether oxygens (including phenoxy) is 2. The average molecular weight is 551 g/mol. The Kier molecular flexibility index (Phi) is 10.9. The van der Waals surface area contributed by atoms with E-state index in [-0.39, 0.29) is 36.0 Å². The summed E-state index contributed by atoms with van der Waals surface area (Å²) < 4.78 is 36.8. The van der Waals surface area contributed by atoms with Gasteiger partial charge < -0.3 is 19.7 Å². The molecule has 0 fully saturated rings. The van der Waals surface area contributed by atoms with Crippen molar-refractivity contribution in [2.24, 2.45) is 0 Å². The quantitative estimate of drug-likeness (QED) is 0.279. The van der Waals surface area contributed by atoms with E-state index in [4.69, 9.17) is 9.47 Å². The number of benzene rings is 2.